The molecule has 4 nitrogen and oxygen atoms in total. The Morgan fingerprint density at radius 2 is 1.87 bits per heavy atom. The van der Waals surface area contributed by atoms with Gasteiger partial charge in [0.05, 0.1) is 13.2 Å². The van der Waals surface area contributed by atoms with Crippen molar-refractivity contribution in [1.29, 1.82) is 0 Å². The van der Waals surface area contributed by atoms with Crippen molar-refractivity contribution < 1.29 is 14.4 Å². The van der Waals surface area contributed by atoms with Gasteiger partial charge in [-0.1, -0.05) is 27.7 Å². The standard InChI is InChI=1S/C11H21NO3/c1-8(2)11(9(3)4)12(6-7-14-11)15-10(5)13/h8-9H,6-7H2,1-5H3. The van der Waals surface area contributed by atoms with Crippen LogP contribution in [0.4, 0.5) is 0 Å². The molecule has 0 aliphatic carbocycles. The van der Waals surface area contributed by atoms with E-state index in [1.54, 1.807) is 5.06 Å². The number of carbonyl (C=O) groups excluding carboxylic acids is 1. The maximum absolute atomic E-state index is 11.0. The first-order valence-electron chi connectivity index (χ1n) is 5.51. The summed E-state index contributed by atoms with van der Waals surface area (Å²) in [5.41, 5.74) is -0.467. The first kappa shape index (κ1) is 12.5. The van der Waals surface area contributed by atoms with E-state index in [2.05, 4.69) is 27.7 Å². The fraction of sp³-hybridized carbons (Fsp3) is 0.909. The van der Waals surface area contributed by atoms with Crippen LogP contribution in [0.2, 0.25) is 0 Å². The zero-order valence-corrected chi connectivity index (χ0v) is 10.2. The lowest BCUT2D eigenvalue weighted by Gasteiger charge is -2.41. The van der Waals surface area contributed by atoms with E-state index in [1.165, 1.54) is 6.92 Å². The van der Waals surface area contributed by atoms with Crippen molar-refractivity contribution >= 4 is 5.97 Å². The third-order valence-electron chi connectivity index (χ3n) is 2.91. The lowest BCUT2D eigenvalue weighted by Crippen LogP contribution is -2.53. The Morgan fingerprint density at radius 3 is 2.27 bits per heavy atom. The minimum atomic E-state index is -0.467. The van der Waals surface area contributed by atoms with Crippen LogP contribution < -0.4 is 0 Å². The van der Waals surface area contributed by atoms with Gasteiger partial charge in [0, 0.05) is 6.92 Å². The summed E-state index contributed by atoms with van der Waals surface area (Å²) in [7, 11) is 0. The molecule has 88 valence electrons. The number of carbonyl (C=O) groups is 1. The van der Waals surface area contributed by atoms with Gasteiger partial charge in [-0.05, 0) is 11.8 Å². The van der Waals surface area contributed by atoms with Crippen molar-refractivity contribution in [2.45, 2.75) is 40.3 Å². The van der Waals surface area contributed by atoms with Crippen LogP contribution in [0.3, 0.4) is 0 Å². The van der Waals surface area contributed by atoms with E-state index in [4.69, 9.17) is 9.57 Å². The van der Waals surface area contributed by atoms with Crippen molar-refractivity contribution in [2.24, 2.45) is 11.8 Å². The second kappa shape index (κ2) is 4.49. The fourth-order valence-electron chi connectivity index (χ4n) is 2.39. The van der Waals surface area contributed by atoms with Crippen LogP contribution in [0, 0.1) is 11.8 Å². The Kier molecular flexibility index (Phi) is 3.73. The van der Waals surface area contributed by atoms with Gasteiger partial charge in [0.2, 0.25) is 0 Å². The Labute approximate surface area is 91.5 Å². The molecule has 1 heterocycles. The molecule has 0 bridgehead atoms. The zero-order valence-electron chi connectivity index (χ0n) is 10.2. The predicted octanol–water partition coefficient (Wildman–Crippen LogP) is 1.80. The molecule has 0 aromatic carbocycles. The van der Waals surface area contributed by atoms with E-state index >= 15 is 0 Å². The van der Waals surface area contributed by atoms with Crippen molar-refractivity contribution in [3.05, 3.63) is 0 Å². The maximum Gasteiger partial charge on any atom is 0.322 e. The van der Waals surface area contributed by atoms with Crippen molar-refractivity contribution in [1.82, 2.24) is 5.06 Å². The molecule has 0 saturated carbocycles. The number of rotatable bonds is 3. The average Bonchev–Trinajstić information content (AvgIpc) is 2.47. The summed E-state index contributed by atoms with van der Waals surface area (Å²) in [6.45, 7) is 11.0. The maximum atomic E-state index is 11.0. The molecule has 0 atom stereocenters. The summed E-state index contributed by atoms with van der Waals surface area (Å²) in [6, 6.07) is 0. The van der Waals surface area contributed by atoms with E-state index in [-0.39, 0.29) is 17.8 Å². The molecule has 15 heavy (non-hydrogen) atoms. The third-order valence-corrected chi connectivity index (χ3v) is 2.91. The molecule has 0 aromatic rings. The lowest BCUT2D eigenvalue weighted by molar-refractivity contribution is -0.276. The molecule has 1 saturated heterocycles. The molecule has 0 radical (unpaired) electrons. The Hall–Kier alpha value is -0.610. The highest BCUT2D eigenvalue weighted by molar-refractivity contribution is 5.65. The van der Waals surface area contributed by atoms with Gasteiger partial charge in [-0.15, -0.1) is 5.06 Å². The lowest BCUT2D eigenvalue weighted by atomic mass is 9.88. The summed E-state index contributed by atoms with van der Waals surface area (Å²) in [6.07, 6.45) is 0. The van der Waals surface area contributed by atoms with E-state index in [9.17, 15) is 4.79 Å². The summed E-state index contributed by atoms with van der Waals surface area (Å²) in [5, 5.41) is 1.70. The minimum Gasteiger partial charge on any atom is -0.365 e. The number of hydrogen-bond donors (Lipinski definition) is 0. The Bertz CT molecular complexity index is 230. The molecule has 1 fully saturated rings. The SMILES string of the molecule is CC(=O)ON1CCOC1(C(C)C)C(C)C. The van der Waals surface area contributed by atoms with Gasteiger partial charge in [-0.2, -0.15) is 0 Å². The first-order valence-corrected chi connectivity index (χ1v) is 5.51. The summed E-state index contributed by atoms with van der Waals surface area (Å²) >= 11 is 0. The smallest absolute Gasteiger partial charge is 0.322 e. The number of hydrogen-bond acceptors (Lipinski definition) is 4. The molecule has 1 aliphatic heterocycles. The van der Waals surface area contributed by atoms with Crippen molar-refractivity contribution in [2.75, 3.05) is 13.2 Å². The average molecular weight is 215 g/mol. The molecular weight excluding hydrogens is 194 g/mol. The molecule has 0 spiro atoms. The summed E-state index contributed by atoms with van der Waals surface area (Å²) in [4.78, 5) is 16.2. The quantitative estimate of drug-likeness (QED) is 0.719. The van der Waals surface area contributed by atoms with E-state index in [0.29, 0.717) is 13.2 Å². The highest BCUT2D eigenvalue weighted by Crippen LogP contribution is 2.37. The number of hydroxylamine groups is 2. The highest BCUT2D eigenvalue weighted by Gasteiger charge is 2.49. The predicted molar refractivity (Wildman–Crippen MR) is 56.8 cm³/mol. The second-order valence-corrected chi connectivity index (χ2v) is 4.59. The largest absolute Gasteiger partial charge is 0.365 e. The van der Waals surface area contributed by atoms with Crippen LogP contribution in [0.1, 0.15) is 34.6 Å². The zero-order chi connectivity index (χ0) is 11.6. The Balaban J connectivity index is 2.90. The van der Waals surface area contributed by atoms with Crippen LogP contribution in [0.25, 0.3) is 0 Å². The third kappa shape index (κ3) is 2.16. The van der Waals surface area contributed by atoms with Crippen LogP contribution in [-0.2, 0) is 14.4 Å². The molecule has 0 amide bonds. The Morgan fingerprint density at radius 1 is 1.33 bits per heavy atom. The van der Waals surface area contributed by atoms with Gasteiger partial charge in [-0.25, -0.2) is 0 Å². The molecule has 0 aromatic heterocycles. The van der Waals surface area contributed by atoms with E-state index < -0.39 is 5.72 Å². The monoisotopic (exact) mass is 215 g/mol. The fourth-order valence-corrected chi connectivity index (χ4v) is 2.39. The summed E-state index contributed by atoms with van der Waals surface area (Å²) < 4.78 is 5.83. The first-order chi connectivity index (χ1) is 6.91. The highest BCUT2D eigenvalue weighted by atomic mass is 16.8. The second-order valence-electron chi connectivity index (χ2n) is 4.59. The van der Waals surface area contributed by atoms with Crippen LogP contribution >= 0.6 is 0 Å². The molecule has 0 N–H and O–H groups in total. The normalized spacial score (nSPS) is 21.3. The van der Waals surface area contributed by atoms with Crippen LogP contribution in [0.5, 0.6) is 0 Å². The number of nitrogens with zero attached hydrogens (tertiary/aromatic N) is 1. The molecule has 0 unspecified atom stereocenters. The van der Waals surface area contributed by atoms with Gasteiger partial charge >= 0.3 is 5.97 Å². The van der Waals surface area contributed by atoms with Gasteiger partial charge in [-0.3, -0.25) is 4.79 Å². The van der Waals surface area contributed by atoms with E-state index in [1.807, 2.05) is 0 Å². The van der Waals surface area contributed by atoms with Crippen molar-refractivity contribution in [3.63, 3.8) is 0 Å². The van der Waals surface area contributed by atoms with Crippen molar-refractivity contribution in [3.8, 4) is 0 Å². The summed E-state index contributed by atoms with van der Waals surface area (Å²) in [5.74, 6) is 0.268. The minimum absolute atomic E-state index is 0.277. The van der Waals surface area contributed by atoms with Gasteiger partial charge in [0.1, 0.15) is 0 Å². The van der Waals surface area contributed by atoms with Crippen LogP contribution in [-0.4, -0.2) is 29.9 Å². The molecular formula is C11H21NO3. The number of ether oxygens (including phenoxy) is 1. The van der Waals surface area contributed by atoms with Gasteiger partial charge in [0.15, 0.2) is 5.72 Å². The topological polar surface area (TPSA) is 38.8 Å². The van der Waals surface area contributed by atoms with Gasteiger partial charge < -0.3 is 9.57 Å². The van der Waals surface area contributed by atoms with Gasteiger partial charge in [0.25, 0.3) is 0 Å². The van der Waals surface area contributed by atoms with Crippen LogP contribution in [0.15, 0.2) is 0 Å². The molecule has 4 heteroatoms. The molecule has 1 rings (SSSR count). The van der Waals surface area contributed by atoms with E-state index in [0.717, 1.165) is 0 Å². The molecule has 1 aliphatic rings.